The Morgan fingerprint density at radius 3 is 2.74 bits per heavy atom. The fourth-order valence-electron chi connectivity index (χ4n) is 3.26. The highest BCUT2D eigenvalue weighted by atomic mass is 16.6. The first-order chi connectivity index (χ1) is 13.2. The summed E-state index contributed by atoms with van der Waals surface area (Å²) in [5.41, 5.74) is 2.23. The zero-order valence-electron chi connectivity index (χ0n) is 15.6. The molecule has 2 amide bonds. The highest BCUT2D eigenvalue weighted by Gasteiger charge is 2.28. The molecule has 144 valence electrons. The van der Waals surface area contributed by atoms with Crippen LogP contribution in [0.2, 0.25) is 0 Å². The molecule has 7 heteroatoms. The molecule has 0 saturated carbocycles. The molecule has 2 aromatic rings. The van der Waals surface area contributed by atoms with Crippen LogP contribution in [0.1, 0.15) is 30.9 Å². The van der Waals surface area contributed by atoms with E-state index in [1.807, 2.05) is 22.9 Å². The van der Waals surface area contributed by atoms with Crippen LogP contribution in [0.4, 0.5) is 4.79 Å². The monoisotopic (exact) mass is 370 g/mol. The van der Waals surface area contributed by atoms with E-state index in [0.717, 1.165) is 24.9 Å². The molecule has 2 heterocycles. The maximum absolute atomic E-state index is 12.5. The summed E-state index contributed by atoms with van der Waals surface area (Å²) in [5, 5.41) is 2.99. The molecule has 3 rings (SSSR count). The van der Waals surface area contributed by atoms with Crippen molar-refractivity contribution < 1.29 is 14.3 Å². The number of ether oxygens (including phenoxy) is 1. The number of likely N-dealkylation sites (tertiary alicyclic amines) is 1. The summed E-state index contributed by atoms with van der Waals surface area (Å²) < 4.78 is 7.05. The molecule has 1 aliphatic heterocycles. The van der Waals surface area contributed by atoms with Crippen LogP contribution in [0.25, 0.3) is 0 Å². The van der Waals surface area contributed by atoms with Gasteiger partial charge in [-0.2, -0.15) is 0 Å². The molecule has 1 aromatic carbocycles. The van der Waals surface area contributed by atoms with Gasteiger partial charge in [0.05, 0.1) is 18.9 Å². The number of carbonyl (C=O) groups is 2. The van der Waals surface area contributed by atoms with Crippen molar-refractivity contribution in [1.29, 1.82) is 0 Å². The van der Waals surface area contributed by atoms with E-state index in [2.05, 4.69) is 22.4 Å². The number of hydrogen-bond donors (Lipinski definition) is 1. The molecule has 1 saturated heterocycles. The Hall–Kier alpha value is -2.83. The number of aromatic nitrogens is 2. The van der Waals surface area contributed by atoms with E-state index in [1.165, 1.54) is 5.56 Å². The molecule has 7 nitrogen and oxygen atoms in total. The van der Waals surface area contributed by atoms with Gasteiger partial charge in [0, 0.05) is 38.6 Å². The predicted molar refractivity (Wildman–Crippen MR) is 101 cm³/mol. The van der Waals surface area contributed by atoms with Crippen molar-refractivity contribution in [2.75, 3.05) is 19.7 Å². The lowest BCUT2D eigenvalue weighted by atomic mass is 9.97. The fourth-order valence-corrected chi connectivity index (χ4v) is 3.26. The van der Waals surface area contributed by atoms with Gasteiger partial charge in [0.25, 0.3) is 0 Å². The van der Waals surface area contributed by atoms with E-state index in [9.17, 15) is 9.59 Å². The molecule has 0 radical (unpaired) electrons. The van der Waals surface area contributed by atoms with E-state index >= 15 is 0 Å². The van der Waals surface area contributed by atoms with Crippen LogP contribution in [0.3, 0.4) is 0 Å². The summed E-state index contributed by atoms with van der Waals surface area (Å²) in [6, 6.07) is 8.17. The van der Waals surface area contributed by atoms with E-state index in [-0.39, 0.29) is 17.9 Å². The second-order valence-electron chi connectivity index (χ2n) is 6.75. The summed E-state index contributed by atoms with van der Waals surface area (Å²) in [4.78, 5) is 30.0. The number of nitrogens with one attached hydrogen (secondary N) is 1. The van der Waals surface area contributed by atoms with Gasteiger partial charge in [0.15, 0.2) is 0 Å². The predicted octanol–water partition coefficient (Wildman–Crippen LogP) is 2.42. The fraction of sp³-hybridized carbons (Fsp3) is 0.450. The first-order valence-corrected chi connectivity index (χ1v) is 9.38. The molecule has 0 aliphatic carbocycles. The first kappa shape index (κ1) is 18.9. The third kappa shape index (κ3) is 5.32. The Morgan fingerprint density at radius 2 is 2.04 bits per heavy atom. The van der Waals surface area contributed by atoms with Crippen molar-refractivity contribution in [3.05, 3.63) is 54.1 Å². The van der Waals surface area contributed by atoms with Crippen LogP contribution in [-0.2, 0) is 22.6 Å². The molecular weight excluding hydrogens is 344 g/mol. The second-order valence-corrected chi connectivity index (χ2v) is 6.75. The van der Waals surface area contributed by atoms with Gasteiger partial charge in [0.2, 0.25) is 5.91 Å². The van der Waals surface area contributed by atoms with Crippen LogP contribution >= 0.6 is 0 Å². The van der Waals surface area contributed by atoms with Gasteiger partial charge < -0.3 is 19.5 Å². The Morgan fingerprint density at radius 1 is 1.26 bits per heavy atom. The normalized spacial score (nSPS) is 16.8. The highest BCUT2D eigenvalue weighted by molar-refractivity contribution is 5.80. The van der Waals surface area contributed by atoms with Gasteiger partial charge in [-0.25, -0.2) is 9.78 Å². The zero-order valence-corrected chi connectivity index (χ0v) is 15.6. The lowest BCUT2D eigenvalue weighted by Crippen LogP contribution is -2.45. The number of piperidine rings is 1. The van der Waals surface area contributed by atoms with E-state index in [4.69, 9.17) is 4.74 Å². The van der Waals surface area contributed by atoms with Crippen molar-refractivity contribution in [3.8, 4) is 0 Å². The zero-order chi connectivity index (χ0) is 19.1. The molecule has 0 bridgehead atoms. The molecule has 1 N–H and O–H groups in total. The molecule has 1 aliphatic rings. The van der Waals surface area contributed by atoms with Crippen molar-refractivity contribution >= 4 is 12.0 Å². The maximum Gasteiger partial charge on any atom is 0.409 e. The van der Waals surface area contributed by atoms with E-state index in [0.29, 0.717) is 26.2 Å². The Bertz CT molecular complexity index is 743. The molecule has 0 spiro atoms. The summed E-state index contributed by atoms with van der Waals surface area (Å²) in [5.74, 6) is -0.185. The first-order valence-electron chi connectivity index (χ1n) is 9.38. The molecule has 1 fully saturated rings. The Labute approximate surface area is 159 Å². The number of imidazole rings is 1. The topological polar surface area (TPSA) is 76.5 Å². The molecular formula is C20H26N4O3. The van der Waals surface area contributed by atoms with Gasteiger partial charge in [-0.1, -0.05) is 24.3 Å². The minimum absolute atomic E-state index is 0.00788. The van der Waals surface area contributed by atoms with Crippen molar-refractivity contribution in [3.63, 3.8) is 0 Å². The average Bonchev–Trinajstić information content (AvgIpc) is 3.20. The molecule has 1 unspecified atom stereocenters. The Kier molecular flexibility index (Phi) is 6.46. The van der Waals surface area contributed by atoms with Gasteiger partial charge in [-0.3, -0.25) is 4.79 Å². The maximum atomic E-state index is 12.5. The SMILES string of the molecule is CCOC(=O)N1CCCC(C(=O)NCc2ccc(Cn3ccnc3)cc2)C1. The number of hydrogen-bond acceptors (Lipinski definition) is 4. The minimum Gasteiger partial charge on any atom is -0.450 e. The average molecular weight is 370 g/mol. The van der Waals surface area contributed by atoms with Crippen LogP contribution in [0, 0.1) is 5.92 Å². The van der Waals surface area contributed by atoms with Crippen LogP contribution in [0.15, 0.2) is 43.0 Å². The highest BCUT2D eigenvalue weighted by Crippen LogP contribution is 2.17. The Balaban J connectivity index is 1.47. The van der Waals surface area contributed by atoms with Gasteiger partial charge in [0.1, 0.15) is 0 Å². The summed E-state index contributed by atoms with van der Waals surface area (Å²) in [6.07, 6.45) is 6.77. The lowest BCUT2D eigenvalue weighted by Gasteiger charge is -2.31. The third-order valence-electron chi connectivity index (χ3n) is 4.73. The molecule has 27 heavy (non-hydrogen) atoms. The minimum atomic E-state index is -0.330. The summed E-state index contributed by atoms with van der Waals surface area (Å²) in [6.45, 7) is 4.48. The van der Waals surface area contributed by atoms with Crippen molar-refractivity contribution in [1.82, 2.24) is 19.8 Å². The van der Waals surface area contributed by atoms with Gasteiger partial charge in [-0.05, 0) is 30.9 Å². The quantitative estimate of drug-likeness (QED) is 0.847. The van der Waals surface area contributed by atoms with Crippen molar-refractivity contribution in [2.45, 2.75) is 32.9 Å². The number of rotatable bonds is 6. The van der Waals surface area contributed by atoms with Crippen LogP contribution in [-0.4, -0.2) is 46.1 Å². The number of amides is 2. The largest absolute Gasteiger partial charge is 0.450 e. The third-order valence-corrected chi connectivity index (χ3v) is 4.73. The summed E-state index contributed by atoms with van der Waals surface area (Å²) in [7, 11) is 0. The van der Waals surface area contributed by atoms with E-state index < -0.39 is 0 Å². The van der Waals surface area contributed by atoms with Gasteiger partial charge >= 0.3 is 6.09 Å². The summed E-state index contributed by atoms with van der Waals surface area (Å²) >= 11 is 0. The van der Waals surface area contributed by atoms with E-state index in [1.54, 1.807) is 24.3 Å². The number of nitrogens with zero attached hydrogens (tertiary/aromatic N) is 3. The number of benzene rings is 1. The number of carbonyl (C=O) groups excluding carboxylic acids is 2. The van der Waals surface area contributed by atoms with Crippen LogP contribution in [0.5, 0.6) is 0 Å². The van der Waals surface area contributed by atoms with Crippen molar-refractivity contribution in [2.24, 2.45) is 5.92 Å². The second kappa shape index (κ2) is 9.21. The van der Waals surface area contributed by atoms with Crippen LogP contribution < -0.4 is 5.32 Å². The lowest BCUT2D eigenvalue weighted by molar-refractivity contribution is -0.126. The molecule has 1 atom stereocenters. The standard InChI is InChI=1S/C20H26N4O3/c1-2-27-20(26)24-10-3-4-18(14-24)19(25)22-12-16-5-7-17(8-6-16)13-23-11-9-21-15-23/h5-9,11,15,18H,2-4,10,12-14H2,1H3,(H,22,25). The molecule has 1 aromatic heterocycles. The smallest absolute Gasteiger partial charge is 0.409 e. The van der Waals surface area contributed by atoms with Gasteiger partial charge in [-0.15, -0.1) is 0 Å².